The van der Waals surface area contributed by atoms with Crippen LogP contribution in [0.5, 0.6) is 0 Å². The van der Waals surface area contributed by atoms with Crippen molar-refractivity contribution in [3.63, 3.8) is 0 Å². The quantitative estimate of drug-likeness (QED) is 0.674. The van der Waals surface area contributed by atoms with E-state index in [2.05, 4.69) is 9.88 Å². The Bertz CT molecular complexity index is 966. The Kier molecular flexibility index (Phi) is 5.17. The van der Waals surface area contributed by atoms with Crippen LogP contribution in [0.1, 0.15) is 16.8 Å². The molecule has 1 atom stereocenters. The van der Waals surface area contributed by atoms with Crippen molar-refractivity contribution in [1.29, 1.82) is 0 Å². The number of fused-ring (bicyclic) bond motifs is 1. The van der Waals surface area contributed by atoms with Crippen LogP contribution in [-0.4, -0.2) is 31.3 Å². The summed E-state index contributed by atoms with van der Waals surface area (Å²) in [4.78, 5) is 0. The smallest absolute Gasteiger partial charge is 0.217 e. The Hall–Kier alpha value is -2.22. The van der Waals surface area contributed by atoms with Crippen molar-refractivity contribution in [2.24, 2.45) is 0 Å². The Morgan fingerprint density at radius 1 is 1.20 bits per heavy atom. The normalized spacial score (nSPS) is 13.2. The van der Waals surface area contributed by atoms with Gasteiger partial charge < -0.3 is 9.63 Å². The van der Waals surface area contributed by atoms with Crippen molar-refractivity contribution in [2.45, 2.75) is 25.1 Å². The van der Waals surface area contributed by atoms with Crippen molar-refractivity contribution in [2.75, 3.05) is 6.61 Å². The molecular weight excluding hydrogens is 340 g/mol. The summed E-state index contributed by atoms with van der Waals surface area (Å²) in [5.41, 5.74) is 2.96. The van der Waals surface area contributed by atoms with E-state index in [1.165, 1.54) is 0 Å². The second kappa shape index (κ2) is 7.35. The predicted octanol–water partition coefficient (Wildman–Crippen LogP) is 2.16. The van der Waals surface area contributed by atoms with Crippen LogP contribution >= 0.6 is 0 Å². The summed E-state index contributed by atoms with van der Waals surface area (Å²) in [5.74, 6) is -0.297. The van der Waals surface area contributed by atoms with E-state index in [-0.39, 0.29) is 12.4 Å². The molecule has 0 saturated carbocycles. The lowest BCUT2D eigenvalue weighted by molar-refractivity contribution is 0.256. The highest BCUT2D eigenvalue weighted by atomic mass is 32.2. The molecule has 1 heterocycles. The predicted molar refractivity (Wildman–Crippen MR) is 95.5 cm³/mol. The van der Waals surface area contributed by atoms with Crippen LogP contribution in [-0.2, 0) is 22.2 Å². The van der Waals surface area contributed by atoms with Crippen molar-refractivity contribution in [1.82, 2.24) is 9.88 Å². The van der Waals surface area contributed by atoms with E-state index in [9.17, 15) is 13.5 Å². The number of rotatable bonds is 7. The average molecular weight is 360 g/mol. The number of hydrogen-bond acceptors (Lipinski definition) is 5. The maximum atomic E-state index is 12.5. The van der Waals surface area contributed by atoms with Gasteiger partial charge in [-0.3, -0.25) is 0 Å². The van der Waals surface area contributed by atoms with Crippen molar-refractivity contribution in [3.8, 4) is 0 Å². The molecule has 0 fully saturated rings. The monoisotopic (exact) mass is 360 g/mol. The number of nitrogens with zero attached hydrogens (tertiary/aromatic N) is 1. The molecule has 0 aliphatic heterocycles. The molecule has 1 aromatic heterocycles. The number of aryl methyl sites for hydroxylation is 1. The van der Waals surface area contributed by atoms with E-state index in [1.807, 2.05) is 31.2 Å². The molecule has 3 rings (SSSR count). The summed E-state index contributed by atoms with van der Waals surface area (Å²) >= 11 is 0. The SMILES string of the molecule is Cc1cccc(CC(CO)NS(=O)(=O)Cc2noc3ccccc23)c1. The molecule has 6 nitrogen and oxygen atoms in total. The van der Waals surface area contributed by atoms with Gasteiger partial charge in [0.25, 0.3) is 0 Å². The minimum absolute atomic E-state index is 0.285. The van der Waals surface area contributed by atoms with Crippen molar-refractivity contribution in [3.05, 3.63) is 65.4 Å². The van der Waals surface area contributed by atoms with Gasteiger partial charge in [-0.15, -0.1) is 0 Å². The molecule has 0 amide bonds. The van der Waals surface area contributed by atoms with Gasteiger partial charge in [0, 0.05) is 11.4 Å². The number of aliphatic hydroxyl groups is 1. The van der Waals surface area contributed by atoms with Crippen molar-refractivity contribution < 1.29 is 18.0 Å². The molecule has 2 aromatic carbocycles. The lowest BCUT2D eigenvalue weighted by atomic mass is 10.1. The Morgan fingerprint density at radius 3 is 2.76 bits per heavy atom. The maximum Gasteiger partial charge on any atom is 0.217 e. The van der Waals surface area contributed by atoms with Gasteiger partial charge in [-0.05, 0) is 31.0 Å². The van der Waals surface area contributed by atoms with Crippen LogP contribution in [0.3, 0.4) is 0 Å². The van der Waals surface area contributed by atoms with Crippen LogP contribution < -0.4 is 4.72 Å². The van der Waals surface area contributed by atoms with Crippen molar-refractivity contribution >= 4 is 21.0 Å². The highest BCUT2D eigenvalue weighted by Crippen LogP contribution is 2.19. The first-order valence-corrected chi connectivity index (χ1v) is 9.62. The molecule has 7 heteroatoms. The highest BCUT2D eigenvalue weighted by Gasteiger charge is 2.21. The lowest BCUT2D eigenvalue weighted by Gasteiger charge is -2.16. The van der Waals surface area contributed by atoms with Gasteiger partial charge in [0.2, 0.25) is 10.0 Å². The lowest BCUT2D eigenvalue weighted by Crippen LogP contribution is -2.39. The first-order valence-electron chi connectivity index (χ1n) is 7.96. The molecule has 0 aliphatic rings. The summed E-state index contributed by atoms with van der Waals surface area (Å²) < 4.78 is 32.6. The third-order valence-corrected chi connectivity index (χ3v) is 5.26. The largest absolute Gasteiger partial charge is 0.395 e. The second-order valence-electron chi connectivity index (χ2n) is 6.08. The summed E-state index contributed by atoms with van der Waals surface area (Å²) in [6, 6.07) is 14.3. The van der Waals surface area contributed by atoms with E-state index in [1.54, 1.807) is 24.3 Å². The number of aromatic nitrogens is 1. The average Bonchev–Trinajstić information content (AvgIpc) is 2.96. The zero-order chi connectivity index (χ0) is 17.9. The fourth-order valence-corrected chi connectivity index (χ4v) is 4.10. The molecule has 0 aliphatic carbocycles. The fraction of sp³-hybridized carbons (Fsp3) is 0.278. The molecule has 25 heavy (non-hydrogen) atoms. The fourth-order valence-electron chi connectivity index (χ4n) is 2.78. The van der Waals surface area contributed by atoms with Crippen LogP contribution in [0, 0.1) is 6.92 Å². The zero-order valence-corrected chi connectivity index (χ0v) is 14.7. The third-order valence-electron chi connectivity index (χ3n) is 3.91. The van der Waals surface area contributed by atoms with Crippen LogP contribution in [0.2, 0.25) is 0 Å². The Morgan fingerprint density at radius 2 is 2.00 bits per heavy atom. The van der Waals surface area contributed by atoms with Gasteiger partial charge in [-0.2, -0.15) is 0 Å². The van der Waals surface area contributed by atoms with Crippen LogP contribution in [0.15, 0.2) is 53.1 Å². The standard InChI is InChI=1S/C18H20N2O4S/c1-13-5-4-6-14(9-13)10-15(11-21)20-25(22,23)12-17-16-7-2-3-8-18(16)24-19-17/h2-9,15,20-21H,10-12H2,1H3. The molecule has 2 N–H and O–H groups in total. The van der Waals surface area contributed by atoms with Crippen LogP contribution in [0.25, 0.3) is 11.0 Å². The Balaban J connectivity index is 1.73. The van der Waals surface area contributed by atoms with Gasteiger partial charge in [0.1, 0.15) is 11.4 Å². The van der Waals surface area contributed by atoms with E-state index in [4.69, 9.17) is 4.52 Å². The number of sulfonamides is 1. The van der Waals surface area contributed by atoms with Gasteiger partial charge in [0.05, 0.1) is 6.61 Å². The molecule has 0 bridgehead atoms. The summed E-state index contributed by atoms with van der Waals surface area (Å²) in [5, 5.41) is 14.1. The molecule has 1 unspecified atom stereocenters. The zero-order valence-electron chi connectivity index (χ0n) is 13.8. The van der Waals surface area contributed by atoms with E-state index in [0.717, 1.165) is 11.1 Å². The van der Waals surface area contributed by atoms with Gasteiger partial charge in [-0.25, -0.2) is 13.1 Å². The maximum absolute atomic E-state index is 12.5. The topological polar surface area (TPSA) is 92.4 Å². The highest BCUT2D eigenvalue weighted by molar-refractivity contribution is 7.88. The molecule has 0 spiro atoms. The third kappa shape index (κ3) is 4.45. The summed E-state index contributed by atoms with van der Waals surface area (Å²) in [6.45, 7) is 1.68. The summed E-state index contributed by atoms with van der Waals surface area (Å²) in [6.07, 6.45) is 0.414. The van der Waals surface area contributed by atoms with E-state index >= 15 is 0 Å². The summed E-state index contributed by atoms with van der Waals surface area (Å²) in [7, 11) is -3.67. The second-order valence-corrected chi connectivity index (χ2v) is 7.83. The van der Waals surface area contributed by atoms with E-state index in [0.29, 0.717) is 23.1 Å². The molecule has 132 valence electrons. The minimum Gasteiger partial charge on any atom is -0.395 e. The van der Waals surface area contributed by atoms with Gasteiger partial charge in [0.15, 0.2) is 5.58 Å². The number of para-hydroxylation sites is 1. The number of aliphatic hydroxyl groups excluding tert-OH is 1. The number of nitrogens with one attached hydrogen (secondary N) is 1. The Labute approximate surface area is 146 Å². The molecular formula is C18H20N2O4S. The molecule has 0 radical (unpaired) electrons. The van der Waals surface area contributed by atoms with Crippen LogP contribution in [0.4, 0.5) is 0 Å². The first-order chi connectivity index (χ1) is 12.0. The van der Waals surface area contributed by atoms with E-state index < -0.39 is 16.1 Å². The minimum atomic E-state index is -3.67. The van der Waals surface area contributed by atoms with Gasteiger partial charge in [-0.1, -0.05) is 47.1 Å². The molecule has 3 aromatic rings. The number of hydrogen-bond donors (Lipinski definition) is 2. The number of benzene rings is 2. The van der Waals surface area contributed by atoms with Gasteiger partial charge >= 0.3 is 0 Å². The first kappa shape index (κ1) is 17.6. The molecule has 0 saturated heterocycles.